The van der Waals surface area contributed by atoms with E-state index >= 15 is 0 Å². The van der Waals surface area contributed by atoms with Crippen LogP contribution in [0.1, 0.15) is 18.1 Å². The Morgan fingerprint density at radius 2 is 2.00 bits per heavy atom. The largest absolute Gasteiger partial charge is 0.507 e. The van der Waals surface area contributed by atoms with Crippen LogP contribution in [0.15, 0.2) is 18.2 Å². The quantitative estimate of drug-likeness (QED) is 0.453. The Bertz CT molecular complexity index is 476. The minimum atomic E-state index is -3.69. The molecule has 21 heavy (non-hydrogen) atoms. The molecular formula is C14H18F2O5. The van der Waals surface area contributed by atoms with Gasteiger partial charge < -0.3 is 19.3 Å². The second kappa shape index (κ2) is 7.90. The van der Waals surface area contributed by atoms with Crippen LogP contribution < -0.4 is 0 Å². The van der Waals surface area contributed by atoms with Gasteiger partial charge >= 0.3 is 11.9 Å². The van der Waals surface area contributed by atoms with Gasteiger partial charge in [-0.25, -0.2) is 4.79 Å². The molecule has 0 aliphatic heterocycles. The van der Waals surface area contributed by atoms with Crippen LogP contribution in [0.5, 0.6) is 5.75 Å². The fraction of sp³-hybridized carbons (Fsp3) is 0.500. The van der Waals surface area contributed by atoms with E-state index in [2.05, 4.69) is 9.47 Å². The van der Waals surface area contributed by atoms with Gasteiger partial charge in [-0.3, -0.25) is 0 Å². The van der Waals surface area contributed by atoms with Crippen LogP contribution in [-0.2, 0) is 32.0 Å². The number of ether oxygens (including phenoxy) is 3. The van der Waals surface area contributed by atoms with Crippen LogP contribution >= 0.6 is 0 Å². The molecule has 0 aliphatic rings. The highest BCUT2D eigenvalue weighted by molar-refractivity contribution is 5.78. The lowest BCUT2D eigenvalue weighted by Crippen LogP contribution is -2.33. The van der Waals surface area contributed by atoms with Crippen LogP contribution in [0, 0.1) is 0 Å². The van der Waals surface area contributed by atoms with Crippen LogP contribution in [0.2, 0.25) is 0 Å². The van der Waals surface area contributed by atoms with Crippen molar-refractivity contribution in [3.8, 4) is 5.75 Å². The van der Waals surface area contributed by atoms with Gasteiger partial charge in [0.05, 0.1) is 19.6 Å². The molecule has 0 aromatic heterocycles. The van der Waals surface area contributed by atoms with Gasteiger partial charge in [-0.2, -0.15) is 8.78 Å². The molecule has 0 amide bonds. The van der Waals surface area contributed by atoms with Crippen molar-refractivity contribution in [2.75, 3.05) is 20.5 Å². The summed E-state index contributed by atoms with van der Waals surface area (Å²) in [6.45, 7) is 1.34. The first-order chi connectivity index (χ1) is 9.92. The molecule has 0 saturated heterocycles. The van der Waals surface area contributed by atoms with Crippen molar-refractivity contribution < 1.29 is 32.9 Å². The average molecular weight is 304 g/mol. The van der Waals surface area contributed by atoms with E-state index in [1.807, 2.05) is 0 Å². The highest BCUT2D eigenvalue weighted by Crippen LogP contribution is 2.30. The summed E-state index contributed by atoms with van der Waals surface area (Å²) in [4.78, 5) is 11.2. The summed E-state index contributed by atoms with van der Waals surface area (Å²) >= 11 is 0. The van der Waals surface area contributed by atoms with E-state index in [0.29, 0.717) is 5.56 Å². The van der Waals surface area contributed by atoms with Gasteiger partial charge in [0.1, 0.15) is 12.5 Å². The zero-order chi connectivity index (χ0) is 15.9. The highest BCUT2D eigenvalue weighted by atomic mass is 19.3. The number of carbonyl (C=O) groups is 1. The van der Waals surface area contributed by atoms with Crippen LogP contribution in [0.3, 0.4) is 0 Å². The molecule has 0 fully saturated rings. The molecule has 1 aromatic carbocycles. The van der Waals surface area contributed by atoms with Crippen molar-refractivity contribution in [2.24, 2.45) is 0 Å². The van der Waals surface area contributed by atoms with E-state index in [1.165, 1.54) is 32.2 Å². The highest BCUT2D eigenvalue weighted by Gasteiger charge is 2.41. The Morgan fingerprint density at radius 1 is 1.33 bits per heavy atom. The maximum Gasteiger partial charge on any atom is 0.377 e. The zero-order valence-electron chi connectivity index (χ0n) is 11.9. The number of halogens is 2. The van der Waals surface area contributed by atoms with E-state index in [4.69, 9.17) is 4.74 Å². The fourth-order valence-electron chi connectivity index (χ4n) is 1.69. The number of carbonyl (C=O) groups excluding carboxylic acids is 1. The van der Waals surface area contributed by atoms with Gasteiger partial charge in [0.15, 0.2) is 0 Å². The molecule has 0 spiro atoms. The smallest absolute Gasteiger partial charge is 0.377 e. The number of hydrogen-bond acceptors (Lipinski definition) is 5. The third-order valence-electron chi connectivity index (χ3n) is 2.65. The van der Waals surface area contributed by atoms with Crippen LogP contribution in [-0.4, -0.2) is 37.5 Å². The molecule has 5 nitrogen and oxygen atoms in total. The van der Waals surface area contributed by atoms with Gasteiger partial charge in [-0.15, -0.1) is 0 Å². The number of para-hydroxylation sites is 1. The number of esters is 1. The molecule has 0 heterocycles. The van der Waals surface area contributed by atoms with Crippen molar-refractivity contribution in [3.05, 3.63) is 29.3 Å². The Hall–Kier alpha value is -1.73. The Morgan fingerprint density at radius 3 is 2.62 bits per heavy atom. The van der Waals surface area contributed by atoms with Crippen molar-refractivity contribution in [1.29, 1.82) is 0 Å². The summed E-state index contributed by atoms with van der Waals surface area (Å²) in [5.41, 5.74) is 0.288. The summed E-state index contributed by atoms with van der Waals surface area (Å²) in [5.74, 6) is -5.62. The van der Waals surface area contributed by atoms with Crippen molar-refractivity contribution in [1.82, 2.24) is 0 Å². The summed E-state index contributed by atoms with van der Waals surface area (Å²) in [6.07, 6.45) is -0.935. The fourth-order valence-corrected chi connectivity index (χ4v) is 1.69. The average Bonchev–Trinajstić information content (AvgIpc) is 2.43. The number of phenolic OH excluding ortho intramolecular Hbond substituents is 1. The SMILES string of the molecule is CCOC(=O)C(F)(F)Cc1cccc(COCOC)c1O. The lowest BCUT2D eigenvalue weighted by atomic mass is 10.0. The van der Waals surface area contributed by atoms with Crippen molar-refractivity contribution in [2.45, 2.75) is 25.9 Å². The van der Waals surface area contributed by atoms with E-state index < -0.39 is 18.3 Å². The summed E-state index contributed by atoms with van der Waals surface area (Å²) < 4.78 is 41.4. The summed E-state index contributed by atoms with van der Waals surface area (Å²) in [6, 6.07) is 4.36. The minimum Gasteiger partial charge on any atom is -0.507 e. The normalized spacial score (nSPS) is 11.4. The predicted molar refractivity (Wildman–Crippen MR) is 70.1 cm³/mol. The second-order valence-electron chi connectivity index (χ2n) is 4.28. The molecule has 0 saturated carbocycles. The Labute approximate surface area is 121 Å². The number of hydrogen-bond donors (Lipinski definition) is 1. The number of rotatable bonds is 8. The molecule has 1 N–H and O–H groups in total. The number of alkyl halides is 2. The standard InChI is InChI=1S/C14H18F2O5/c1-3-21-13(18)14(15,16)7-10-5-4-6-11(12(10)17)8-20-9-19-2/h4-6,17H,3,7-9H2,1-2H3. The third kappa shape index (κ3) is 4.95. The minimum absolute atomic E-state index is 0.0124. The molecule has 1 aromatic rings. The van der Waals surface area contributed by atoms with E-state index in [0.717, 1.165) is 0 Å². The molecular weight excluding hydrogens is 286 g/mol. The lowest BCUT2D eigenvalue weighted by Gasteiger charge is -2.16. The summed E-state index contributed by atoms with van der Waals surface area (Å²) in [7, 11) is 1.44. The third-order valence-corrected chi connectivity index (χ3v) is 2.65. The molecule has 0 atom stereocenters. The van der Waals surface area contributed by atoms with Crippen molar-refractivity contribution in [3.63, 3.8) is 0 Å². The Kier molecular flexibility index (Phi) is 6.51. The zero-order valence-corrected chi connectivity index (χ0v) is 11.9. The molecule has 118 valence electrons. The van der Waals surface area contributed by atoms with Gasteiger partial charge in [0.2, 0.25) is 0 Å². The molecule has 0 bridgehead atoms. The maximum absolute atomic E-state index is 13.7. The molecule has 0 radical (unpaired) electrons. The number of aromatic hydroxyl groups is 1. The number of phenols is 1. The molecule has 0 aliphatic carbocycles. The van der Waals surface area contributed by atoms with Crippen LogP contribution in [0.25, 0.3) is 0 Å². The summed E-state index contributed by atoms with van der Waals surface area (Å²) in [5, 5.41) is 9.96. The van der Waals surface area contributed by atoms with E-state index in [-0.39, 0.29) is 31.3 Å². The Balaban J connectivity index is 2.83. The maximum atomic E-state index is 13.7. The van der Waals surface area contributed by atoms with Gasteiger partial charge in [-0.1, -0.05) is 18.2 Å². The van der Waals surface area contributed by atoms with Crippen molar-refractivity contribution >= 4 is 5.97 Å². The predicted octanol–water partition coefficient (Wildman–Crippen LogP) is 2.25. The molecule has 7 heteroatoms. The first-order valence-electron chi connectivity index (χ1n) is 6.33. The van der Waals surface area contributed by atoms with Gasteiger partial charge in [0.25, 0.3) is 0 Å². The molecule has 0 unspecified atom stereocenters. The molecule has 1 rings (SSSR count). The first-order valence-corrected chi connectivity index (χ1v) is 6.33. The first kappa shape index (κ1) is 17.3. The second-order valence-corrected chi connectivity index (χ2v) is 4.28. The van der Waals surface area contributed by atoms with Crippen LogP contribution in [0.4, 0.5) is 8.78 Å². The lowest BCUT2D eigenvalue weighted by molar-refractivity contribution is -0.171. The monoisotopic (exact) mass is 304 g/mol. The number of benzene rings is 1. The van der Waals surface area contributed by atoms with E-state index in [9.17, 15) is 18.7 Å². The number of methoxy groups -OCH3 is 1. The topological polar surface area (TPSA) is 65.0 Å². The van der Waals surface area contributed by atoms with Gasteiger partial charge in [0, 0.05) is 18.2 Å². The van der Waals surface area contributed by atoms with E-state index in [1.54, 1.807) is 0 Å². The van der Waals surface area contributed by atoms with Gasteiger partial charge in [-0.05, 0) is 6.92 Å².